The van der Waals surface area contributed by atoms with Crippen molar-refractivity contribution >= 4 is 29.0 Å². The SMILES string of the molecule is CC(C)(C)c1cc(NN)nc(-c2cccc(Cl)c2Cl)n1. The Balaban J connectivity index is 2.65. The maximum absolute atomic E-state index is 6.23. The Hall–Kier alpha value is -1.36. The van der Waals surface area contributed by atoms with Crippen LogP contribution in [0, 0.1) is 0 Å². The van der Waals surface area contributed by atoms with Crippen LogP contribution in [0.1, 0.15) is 26.5 Å². The number of nitrogen functional groups attached to an aromatic ring is 1. The Morgan fingerprint density at radius 3 is 2.45 bits per heavy atom. The molecule has 0 bridgehead atoms. The summed E-state index contributed by atoms with van der Waals surface area (Å²) in [6.45, 7) is 6.21. The Kier molecular flexibility index (Phi) is 4.18. The quantitative estimate of drug-likeness (QED) is 0.649. The van der Waals surface area contributed by atoms with Gasteiger partial charge in [0.1, 0.15) is 5.82 Å². The molecule has 1 heterocycles. The summed E-state index contributed by atoms with van der Waals surface area (Å²) in [6, 6.07) is 7.19. The molecule has 2 aromatic rings. The lowest BCUT2D eigenvalue weighted by molar-refractivity contribution is 0.568. The lowest BCUT2D eigenvalue weighted by Crippen LogP contribution is -2.17. The van der Waals surface area contributed by atoms with Crippen molar-refractivity contribution in [1.29, 1.82) is 0 Å². The van der Waals surface area contributed by atoms with Crippen molar-refractivity contribution in [3.8, 4) is 11.4 Å². The summed E-state index contributed by atoms with van der Waals surface area (Å²) in [6.07, 6.45) is 0. The number of anilines is 1. The highest BCUT2D eigenvalue weighted by molar-refractivity contribution is 6.43. The van der Waals surface area contributed by atoms with Crippen LogP contribution < -0.4 is 11.3 Å². The molecule has 106 valence electrons. The van der Waals surface area contributed by atoms with Gasteiger partial charge in [0.2, 0.25) is 0 Å². The number of nitrogens with two attached hydrogens (primary N) is 1. The molecule has 0 atom stereocenters. The first-order valence-corrected chi connectivity index (χ1v) is 6.89. The van der Waals surface area contributed by atoms with Crippen molar-refractivity contribution in [1.82, 2.24) is 9.97 Å². The number of rotatable bonds is 2. The normalized spacial score (nSPS) is 11.5. The lowest BCUT2D eigenvalue weighted by Gasteiger charge is -2.19. The number of halogens is 2. The molecule has 20 heavy (non-hydrogen) atoms. The van der Waals surface area contributed by atoms with Crippen LogP contribution in [-0.2, 0) is 5.41 Å². The van der Waals surface area contributed by atoms with Crippen molar-refractivity contribution in [2.75, 3.05) is 5.43 Å². The number of hydrogen-bond acceptors (Lipinski definition) is 4. The Labute approximate surface area is 128 Å². The Bertz CT molecular complexity index is 636. The molecule has 0 saturated heterocycles. The van der Waals surface area contributed by atoms with Gasteiger partial charge >= 0.3 is 0 Å². The molecule has 0 unspecified atom stereocenters. The van der Waals surface area contributed by atoms with Gasteiger partial charge in [0.25, 0.3) is 0 Å². The Morgan fingerprint density at radius 1 is 1.15 bits per heavy atom. The monoisotopic (exact) mass is 310 g/mol. The first kappa shape index (κ1) is 15.0. The zero-order valence-corrected chi connectivity index (χ0v) is 13.0. The van der Waals surface area contributed by atoms with Crippen molar-refractivity contribution in [2.24, 2.45) is 5.84 Å². The molecule has 1 aromatic carbocycles. The molecule has 0 aliphatic rings. The highest BCUT2D eigenvalue weighted by Gasteiger charge is 2.19. The van der Waals surface area contributed by atoms with Crippen molar-refractivity contribution in [3.63, 3.8) is 0 Å². The number of nitrogens with one attached hydrogen (secondary N) is 1. The van der Waals surface area contributed by atoms with E-state index in [1.165, 1.54) is 0 Å². The molecule has 0 aliphatic heterocycles. The highest BCUT2D eigenvalue weighted by Crippen LogP contribution is 2.33. The molecule has 2 rings (SSSR count). The minimum atomic E-state index is -0.131. The van der Waals surface area contributed by atoms with Gasteiger partial charge in [-0.3, -0.25) is 0 Å². The van der Waals surface area contributed by atoms with Crippen LogP contribution in [-0.4, -0.2) is 9.97 Å². The van der Waals surface area contributed by atoms with E-state index in [0.29, 0.717) is 27.3 Å². The van der Waals surface area contributed by atoms with E-state index in [9.17, 15) is 0 Å². The van der Waals surface area contributed by atoms with E-state index >= 15 is 0 Å². The minimum Gasteiger partial charge on any atom is -0.308 e. The molecule has 0 spiro atoms. The summed E-state index contributed by atoms with van der Waals surface area (Å²) in [5.74, 6) is 6.51. The number of hydrazine groups is 1. The summed E-state index contributed by atoms with van der Waals surface area (Å²) in [5.41, 5.74) is 3.98. The average Bonchev–Trinajstić information content (AvgIpc) is 2.40. The van der Waals surface area contributed by atoms with E-state index in [1.54, 1.807) is 6.07 Å². The second-order valence-corrected chi connectivity index (χ2v) is 6.24. The summed E-state index contributed by atoms with van der Waals surface area (Å²) < 4.78 is 0. The topological polar surface area (TPSA) is 63.8 Å². The maximum Gasteiger partial charge on any atom is 0.163 e. The molecule has 0 fully saturated rings. The van der Waals surface area contributed by atoms with Crippen LogP contribution >= 0.6 is 23.2 Å². The second-order valence-electron chi connectivity index (χ2n) is 5.46. The fourth-order valence-corrected chi connectivity index (χ4v) is 2.09. The number of benzene rings is 1. The van der Waals surface area contributed by atoms with Crippen molar-refractivity contribution in [3.05, 3.63) is 40.0 Å². The number of nitrogens with zero attached hydrogens (tertiary/aromatic N) is 2. The molecule has 0 aliphatic carbocycles. The van der Waals surface area contributed by atoms with Gasteiger partial charge in [-0.2, -0.15) is 0 Å². The molecular weight excluding hydrogens is 295 g/mol. The van der Waals surface area contributed by atoms with Gasteiger partial charge in [0.15, 0.2) is 5.82 Å². The van der Waals surface area contributed by atoms with E-state index in [4.69, 9.17) is 29.0 Å². The lowest BCUT2D eigenvalue weighted by atomic mass is 9.92. The van der Waals surface area contributed by atoms with Gasteiger partial charge in [0, 0.05) is 17.0 Å². The predicted octanol–water partition coefficient (Wildman–Crippen LogP) is 4.03. The van der Waals surface area contributed by atoms with Crippen LogP contribution in [0.3, 0.4) is 0 Å². The van der Waals surface area contributed by atoms with E-state index in [1.807, 2.05) is 18.2 Å². The van der Waals surface area contributed by atoms with Gasteiger partial charge in [-0.15, -0.1) is 0 Å². The van der Waals surface area contributed by atoms with Crippen LogP contribution in [0.15, 0.2) is 24.3 Å². The predicted molar refractivity (Wildman–Crippen MR) is 84.0 cm³/mol. The maximum atomic E-state index is 6.23. The fourth-order valence-electron chi connectivity index (χ4n) is 1.70. The van der Waals surface area contributed by atoms with Gasteiger partial charge in [-0.05, 0) is 12.1 Å². The third kappa shape index (κ3) is 3.03. The van der Waals surface area contributed by atoms with Crippen LogP contribution in [0.25, 0.3) is 11.4 Å². The minimum absolute atomic E-state index is 0.131. The van der Waals surface area contributed by atoms with Gasteiger partial charge in [0.05, 0.1) is 15.7 Å². The molecule has 6 heteroatoms. The molecular formula is C14H16Cl2N4. The van der Waals surface area contributed by atoms with E-state index < -0.39 is 0 Å². The molecule has 4 nitrogen and oxygen atoms in total. The molecule has 0 amide bonds. The van der Waals surface area contributed by atoms with E-state index in [2.05, 4.69) is 36.2 Å². The zero-order valence-electron chi connectivity index (χ0n) is 11.5. The first-order chi connectivity index (χ1) is 9.32. The second kappa shape index (κ2) is 5.56. The fraction of sp³-hybridized carbons (Fsp3) is 0.286. The number of aromatic nitrogens is 2. The largest absolute Gasteiger partial charge is 0.308 e. The third-order valence-corrected chi connectivity index (χ3v) is 3.65. The third-order valence-electron chi connectivity index (χ3n) is 2.83. The van der Waals surface area contributed by atoms with Gasteiger partial charge < -0.3 is 5.43 Å². The first-order valence-electron chi connectivity index (χ1n) is 6.13. The summed E-state index contributed by atoms with van der Waals surface area (Å²) in [7, 11) is 0. The Morgan fingerprint density at radius 2 is 1.85 bits per heavy atom. The van der Waals surface area contributed by atoms with Crippen molar-refractivity contribution in [2.45, 2.75) is 26.2 Å². The van der Waals surface area contributed by atoms with E-state index in [-0.39, 0.29) is 5.41 Å². The van der Waals surface area contributed by atoms with Gasteiger partial charge in [-0.1, -0.05) is 50.0 Å². The smallest absolute Gasteiger partial charge is 0.163 e. The molecule has 1 aromatic heterocycles. The molecule has 0 saturated carbocycles. The molecule has 3 N–H and O–H groups in total. The standard InChI is InChI=1S/C14H16Cl2N4/c1-14(2,3)10-7-11(20-17)19-13(18-10)8-5-4-6-9(15)12(8)16/h4-7H,17H2,1-3H3,(H,18,19,20). The van der Waals surface area contributed by atoms with Crippen LogP contribution in [0.5, 0.6) is 0 Å². The zero-order chi connectivity index (χ0) is 14.9. The van der Waals surface area contributed by atoms with Crippen LogP contribution in [0.4, 0.5) is 5.82 Å². The van der Waals surface area contributed by atoms with E-state index in [0.717, 1.165) is 5.69 Å². The van der Waals surface area contributed by atoms with Gasteiger partial charge in [-0.25, -0.2) is 15.8 Å². The highest BCUT2D eigenvalue weighted by atomic mass is 35.5. The number of hydrogen-bond donors (Lipinski definition) is 2. The summed E-state index contributed by atoms with van der Waals surface area (Å²) in [4.78, 5) is 8.92. The molecule has 0 radical (unpaired) electrons. The van der Waals surface area contributed by atoms with Crippen molar-refractivity contribution < 1.29 is 0 Å². The average molecular weight is 311 g/mol. The summed E-state index contributed by atoms with van der Waals surface area (Å²) in [5, 5.41) is 0.902. The van der Waals surface area contributed by atoms with Crippen LogP contribution in [0.2, 0.25) is 10.0 Å². The summed E-state index contributed by atoms with van der Waals surface area (Å²) >= 11 is 12.3.